The van der Waals surface area contributed by atoms with Gasteiger partial charge in [-0.05, 0) is 24.6 Å². The van der Waals surface area contributed by atoms with E-state index in [1.165, 1.54) is 12.1 Å². The van der Waals surface area contributed by atoms with Gasteiger partial charge in [-0.1, -0.05) is 11.6 Å². The van der Waals surface area contributed by atoms with Crippen LogP contribution in [-0.2, 0) is 4.79 Å². The van der Waals surface area contributed by atoms with Crippen molar-refractivity contribution in [2.75, 3.05) is 11.9 Å². The van der Waals surface area contributed by atoms with Gasteiger partial charge >= 0.3 is 0 Å². The van der Waals surface area contributed by atoms with E-state index in [0.717, 1.165) is 12.6 Å². The van der Waals surface area contributed by atoms with Gasteiger partial charge in [0.2, 0.25) is 5.91 Å². The normalized spacial score (nSPS) is 19.8. The highest BCUT2D eigenvalue weighted by Gasteiger charge is 2.22. The third-order valence-corrected chi connectivity index (χ3v) is 2.65. The van der Waals surface area contributed by atoms with E-state index in [9.17, 15) is 9.18 Å². The molecule has 1 aromatic carbocycles. The molecule has 16 heavy (non-hydrogen) atoms. The number of nitrogens with one attached hydrogen (secondary N) is 3. The second-order valence-corrected chi connectivity index (χ2v) is 3.93. The van der Waals surface area contributed by atoms with Crippen LogP contribution in [0.3, 0.4) is 0 Å². The van der Waals surface area contributed by atoms with Crippen molar-refractivity contribution in [1.82, 2.24) is 10.9 Å². The lowest BCUT2D eigenvalue weighted by Gasteiger charge is -2.11. The quantitative estimate of drug-likeness (QED) is 0.734. The smallest absolute Gasteiger partial charge is 0.242 e. The number of hydrogen-bond acceptors (Lipinski definition) is 3. The van der Waals surface area contributed by atoms with E-state index < -0.39 is 5.82 Å². The molecule has 4 nitrogen and oxygen atoms in total. The summed E-state index contributed by atoms with van der Waals surface area (Å²) >= 11 is 5.79. The first-order chi connectivity index (χ1) is 7.66. The Balaban J connectivity index is 2.05. The maximum Gasteiger partial charge on any atom is 0.242 e. The summed E-state index contributed by atoms with van der Waals surface area (Å²) < 4.78 is 12.8. The zero-order valence-corrected chi connectivity index (χ0v) is 9.14. The van der Waals surface area contributed by atoms with Gasteiger partial charge in [-0.25, -0.2) is 9.82 Å². The van der Waals surface area contributed by atoms with Crippen molar-refractivity contribution in [1.29, 1.82) is 0 Å². The molecular weight excluding hydrogens is 233 g/mol. The number of amides is 1. The second-order valence-electron chi connectivity index (χ2n) is 3.53. The summed E-state index contributed by atoms with van der Waals surface area (Å²) in [5, 5.41) is 2.83. The Hall–Kier alpha value is -1.17. The summed E-state index contributed by atoms with van der Waals surface area (Å²) in [6.07, 6.45) is 0.713. The van der Waals surface area contributed by atoms with Crippen LogP contribution < -0.4 is 16.2 Å². The summed E-state index contributed by atoms with van der Waals surface area (Å²) in [5.41, 5.74) is 6.11. The average Bonchev–Trinajstić information content (AvgIpc) is 2.75. The van der Waals surface area contributed by atoms with E-state index in [1.54, 1.807) is 0 Å². The van der Waals surface area contributed by atoms with Gasteiger partial charge < -0.3 is 5.32 Å². The average molecular weight is 244 g/mol. The van der Waals surface area contributed by atoms with Gasteiger partial charge in [0.1, 0.15) is 11.9 Å². The van der Waals surface area contributed by atoms with Gasteiger partial charge in [-0.2, -0.15) is 0 Å². The Kier molecular flexibility index (Phi) is 3.38. The minimum Gasteiger partial charge on any atom is -0.323 e. The minimum atomic E-state index is -0.427. The molecule has 1 atom stereocenters. The zero-order valence-electron chi connectivity index (χ0n) is 8.39. The van der Waals surface area contributed by atoms with Crippen LogP contribution >= 0.6 is 11.6 Å². The highest BCUT2D eigenvalue weighted by molar-refractivity contribution is 6.33. The molecule has 0 aromatic heterocycles. The standard InChI is InChI=1S/C10H11ClFN3O/c11-7-5-6(12)1-2-8(7)14-10(16)9-3-4-13-15-9/h1-2,5,9,13,15H,3-4H2,(H,14,16). The van der Waals surface area contributed by atoms with E-state index in [0.29, 0.717) is 12.1 Å². The van der Waals surface area contributed by atoms with Crippen molar-refractivity contribution in [3.63, 3.8) is 0 Å². The lowest BCUT2D eigenvalue weighted by Crippen LogP contribution is -2.39. The Labute approximate surface area is 97.1 Å². The Morgan fingerprint density at radius 3 is 3.00 bits per heavy atom. The summed E-state index contributed by atoms with van der Waals surface area (Å²) in [4.78, 5) is 11.7. The topological polar surface area (TPSA) is 53.2 Å². The van der Waals surface area contributed by atoms with Gasteiger partial charge in [-0.3, -0.25) is 10.2 Å². The fraction of sp³-hybridized carbons (Fsp3) is 0.300. The molecule has 1 unspecified atom stereocenters. The van der Waals surface area contributed by atoms with Crippen molar-refractivity contribution in [3.8, 4) is 0 Å². The monoisotopic (exact) mass is 243 g/mol. The summed E-state index contributed by atoms with van der Waals surface area (Å²) in [7, 11) is 0. The molecule has 0 aliphatic carbocycles. The zero-order chi connectivity index (χ0) is 11.5. The van der Waals surface area contributed by atoms with Crippen LogP contribution in [0.4, 0.5) is 10.1 Å². The molecular formula is C10H11ClFN3O. The second kappa shape index (κ2) is 4.78. The molecule has 1 amide bonds. The van der Waals surface area contributed by atoms with Crippen molar-refractivity contribution in [3.05, 3.63) is 29.0 Å². The first kappa shape index (κ1) is 11.3. The van der Waals surface area contributed by atoms with Crippen LogP contribution in [0.2, 0.25) is 5.02 Å². The van der Waals surface area contributed by atoms with Gasteiger partial charge in [0, 0.05) is 6.54 Å². The number of hydrogen-bond donors (Lipinski definition) is 3. The van der Waals surface area contributed by atoms with Crippen LogP contribution in [0.1, 0.15) is 6.42 Å². The molecule has 0 bridgehead atoms. The summed E-state index contributed by atoms with van der Waals surface area (Å²) in [5.74, 6) is -0.609. The number of halogens is 2. The number of anilines is 1. The number of rotatable bonds is 2. The molecule has 6 heteroatoms. The number of carbonyl (C=O) groups excluding carboxylic acids is 1. The van der Waals surface area contributed by atoms with Crippen LogP contribution in [0, 0.1) is 5.82 Å². The van der Waals surface area contributed by atoms with Crippen LogP contribution in [-0.4, -0.2) is 18.5 Å². The van der Waals surface area contributed by atoms with Crippen molar-refractivity contribution in [2.45, 2.75) is 12.5 Å². The summed E-state index contributed by atoms with van der Waals surface area (Å²) in [6.45, 7) is 0.745. The molecule has 86 valence electrons. The van der Waals surface area contributed by atoms with Gasteiger partial charge in [-0.15, -0.1) is 0 Å². The lowest BCUT2D eigenvalue weighted by atomic mass is 10.2. The number of benzene rings is 1. The van der Waals surface area contributed by atoms with E-state index in [2.05, 4.69) is 16.2 Å². The highest BCUT2D eigenvalue weighted by atomic mass is 35.5. The molecule has 1 aliphatic rings. The molecule has 0 spiro atoms. The fourth-order valence-electron chi connectivity index (χ4n) is 1.49. The SMILES string of the molecule is O=C(Nc1ccc(F)cc1Cl)C1CCNN1. The van der Waals surface area contributed by atoms with E-state index in [4.69, 9.17) is 11.6 Å². The molecule has 1 saturated heterocycles. The van der Waals surface area contributed by atoms with Crippen molar-refractivity contribution < 1.29 is 9.18 Å². The van der Waals surface area contributed by atoms with Gasteiger partial charge in [0.15, 0.2) is 0 Å². The Morgan fingerprint density at radius 1 is 1.56 bits per heavy atom. The largest absolute Gasteiger partial charge is 0.323 e. The number of carbonyl (C=O) groups is 1. The maximum absolute atomic E-state index is 12.8. The first-order valence-electron chi connectivity index (χ1n) is 4.91. The van der Waals surface area contributed by atoms with E-state index >= 15 is 0 Å². The van der Waals surface area contributed by atoms with Crippen LogP contribution in [0.15, 0.2) is 18.2 Å². The predicted octanol–water partition coefficient (Wildman–Crippen LogP) is 1.28. The molecule has 0 radical (unpaired) electrons. The highest BCUT2D eigenvalue weighted by Crippen LogP contribution is 2.22. The first-order valence-corrected chi connectivity index (χ1v) is 5.29. The van der Waals surface area contributed by atoms with Gasteiger partial charge in [0.05, 0.1) is 10.7 Å². The van der Waals surface area contributed by atoms with Crippen LogP contribution in [0.25, 0.3) is 0 Å². The lowest BCUT2D eigenvalue weighted by molar-refractivity contribution is -0.117. The molecule has 3 N–H and O–H groups in total. The van der Waals surface area contributed by atoms with Gasteiger partial charge in [0.25, 0.3) is 0 Å². The third-order valence-electron chi connectivity index (χ3n) is 2.34. The number of hydrazine groups is 1. The van der Waals surface area contributed by atoms with Crippen LogP contribution in [0.5, 0.6) is 0 Å². The van der Waals surface area contributed by atoms with E-state index in [-0.39, 0.29) is 17.0 Å². The predicted molar refractivity (Wildman–Crippen MR) is 59.6 cm³/mol. The van der Waals surface area contributed by atoms with Crippen molar-refractivity contribution >= 4 is 23.2 Å². The molecule has 1 aliphatic heterocycles. The molecule has 1 fully saturated rings. The molecule has 1 aromatic rings. The Morgan fingerprint density at radius 2 is 2.38 bits per heavy atom. The molecule has 0 saturated carbocycles. The Bertz CT molecular complexity index is 407. The van der Waals surface area contributed by atoms with Crippen molar-refractivity contribution in [2.24, 2.45) is 0 Å². The third kappa shape index (κ3) is 2.49. The maximum atomic E-state index is 12.8. The fourth-order valence-corrected chi connectivity index (χ4v) is 1.71. The summed E-state index contributed by atoms with van der Waals surface area (Å²) in [6, 6.07) is 3.58. The molecule has 1 heterocycles. The minimum absolute atomic E-state index is 0.182. The van der Waals surface area contributed by atoms with E-state index in [1.807, 2.05) is 0 Å². The molecule has 2 rings (SSSR count).